The number of unbranched alkanes of at least 4 members (excludes halogenated alkanes) is 1. The summed E-state index contributed by atoms with van der Waals surface area (Å²) in [5.74, 6) is 2.69. The van der Waals surface area contributed by atoms with Gasteiger partial charge in [0.1, 0.15) is 5.75 Å². The van der Waals surface area contributed by atoms with Gasteiger partial charge >= 0.3 is 0 Å². The Balaban J connectivity index is 0.00000338. The van der Waals surface area contributed by atoms with Gasteiger partial charge in [-0.15, -0.1) is 24.0 Å². The number of benzene rings is 1. The number of aliphatic imine (C=N–C) groups is 1. The lowest BCUT2D eigenvalue weighted by atomic mass is 10.2. The number of halogens is 1. The maximum Gasteiger partial charge on any atom is 0.193 e. The van der Waals surface area contributed by atoms with Crippen molar-refractivity contribution in [1.29, 1.82) is 0 Å². The van der Waals surface area contributed by atoms with E-state index >= 15 is 0 Å². The molecule has 1 N–H and O–H groups in total. The fourth-order valence-corrected chi connectivity index (χ4v) is 2.48. The smallest absolute Gasteiger partial charge is 0.193 e. The van der Waals surface area contributed by atoms with E-state index in [1.807, 2.05) is 19.2 Å². The van der Waals surface area contributed by atoms with E-state index in [2.05, 4.69) is 41.3 Å². The molecule has 0 atom stereocenters. The van der Waals surface area contributed by atoms with Gasteiger partial charge in [-0.2, -0.15) is 0 Å². The number of hydrogen-bond acceptors (Lipinski definition) is 3. The lowest BCUT2D eigenvalue weighted by molar-refractivity contribution is 0.115. The first kappa shape index (κ1) is 23.0. The molecule has 1 saturated carbocycles. The molecule has 26 heavy (non-hydrogen) atoms. The van der Waals surface area contributed by atoms with E-state index in [9.17, 15) is 0 Å². The van der Waals surface area contributed by atoms with Gasteiger partial charge in [-0.1, -0.05) is 17.7 Å². The standard InChI is InChI=1S/C20H33N3O2.HI/c1-17-6-10-19(11-7-17)25-14-5-4-12-22-20(21-2)23(3)13-15-24-16-18-8-9-18;/h6-7,10-11,18H,4-5,8-9,12-16H2,1-3H3,(H,21,22);1H. The summed E-state index contributed by atoms with van der Waals surface area (Å²) in [4.78, 5) is 6.45. The van der Waals surface area contributed by atoms with Crippen LogP contribution in [0.1, 0.15) is 31.2 Å². The molecule has 0 spiro atoms. The average Bonchev–Trinajstić information content (AvgIpc) is 3.44. The molecule has 1 aromatic rings. The molecule has 0 amide bonds. The van der Waals surface area contributed by atoms with Crippen LogP contribution < -0.4 is 10.1 Å². The van der Waals surface area contributed by atoms with Crippen molar-refractivity contribution < 1.29 is 9.47 Å². The van der Waals surface area contributed by atoms with Gasteiger partial charge in [-0.05, 0) is 50.7 Å². The Morgan fingerprint density at radius 2 is 1.92 bits per heavy atom. The summed E-state index contributed by atoms with van der Waals surface area (Å²) >= 11 is 0. The molecule has 2 rings (SSSR count). The third-order valence-electron chi connectivity index (χ3n) is 4.34. The first-order chi connectivity index (χ1) is 12.2. The van der Waals surface area contributed by atoms with Gasteiger partial charge in [0.15, 0.2) is 5.96 Å². The molecule has 0 saturated heterocycles. The van der Waals surface area contributed by atoms with Crippen LogP contribution in [0.2, 0.25) is 0 Å². The van der Waals surface area contributed by atoms with Crippen molar-refractivity contribution in [2.75, 3.05) is 47.0 Å². The normalized spacial score (nSPS) is 13.9. The Morgan fingerprint density at radius 3 is 2.58 bits per heavy atom. The Morgan fingerprint density at radius 1 is 1.19 bits per heavy atom. The van der Waals surface area contributed by atoms with Crippen LogP contribution in [-0.4, -0.2) is 57.9 Å². The Bertz CT molecular complexity index is 518. The second-order valence-electron chi connectivity index (χ2n) is 6.78. The van der Waals surface area contributed by atoms with Gasteiger partial charge in [0, 0.05) is 33.8 Å². The fourth-order valence-electron chi connectivity index (χ4n) is 2.48. The largest absolute Gasteiger partial charge is 0.494 e. The Kier molecular flexibility index (Phi) is 11.7. The first-order valence-corrected chi connectivity index (χ1v) is 9.38. The van der Waals surface area contributed by atoms with Gasteiger partial charge in [-0.25, -0.2) is 0 Å². The van der Waals surface area contributed by atoms with Crippen LogP contribution in [0.25, 0.3) is 0 Å². The van der Waals surface area contributed by atoms with Crippen LogP contribution in [0, 0.1) is 12.8 Å². The Hall–Kier alpha value is -1.02. The summed E-state index contributed by atoms with van der Waals surface area (Å²) in [6, 6.07) is 8.20. The van der Waals surface area contributed by atoms with Crippen LogP contribution >= 0.6 is 24.0 Å². The number of hydrogen-bond donors (Lipinski definition) is 1. The second kappa shape index (κ2) is 13.2. The minimum Gasteiger partial charge on any atom is -0.494 e. The lowest BCUT2D eigenvalue weighted by Crippen LogP contribution is -2.41. The highest BCUT2D eigenvalue weighted by molar-refractivity contribution is 14.0. The van der Waals surface area contributed by atoms with Crippen LogP contribution in [0.4, 0.5) is 0 Å². The highest BCUT2D eigenvalue weighted by atomic mass is 127. The molecule has 6 heteroatoms. The van der Waals surface area contributed by atoms with Crippen LogP contribution in [0.5, 0.6) is 5.75 Å². The van der Waals surface area contributed by atoms with Crippen molar-refractivity contribution in [2.45, 2.75) is 32.6 Å². The number of rotatable bonds is 11. The van der Waals surface area contributed by atoms with E-state index in [0.29, 0.717) is 0 Å². The summed E-state index contributed by atoms with van der Waals surface area (Å²) in [5, 5.41) is 3.40. The predicted octanol–water partition coefficient (Wildman–Crippen LogP) is 3.71. The monoisotopic (exact) mass is 475 g/mol. The van der Waals surface area contributed by atoms with E-state index < -0.39 is 0 Å². The van der Waals surface area contributed by atoms with Gasteiger partial charge in [0.05, 0.1) is 13.2 Å². The molecule has 5 nitrogen and oxygen atoms in total. The number of nitrogens with one attached hydrogen (secondary N) is 1. The minimum atomic E-state index is 0. The molecule has 0 aromatic heterocycles. The van der Waals surface area contributed by atoms with E-state index in [1.54, 1.807) is 0 Å². The van der Waals surface area contributed by atoms with Gasteiger partial charge in [0.25, 0.3) is 0 Å². The lowest BCUT2D eigenvalue weighted by Gasteiger charge is -2.22. The molecule has 1 aliphatic rings. The third kappa shape index (κ3) is 9.62. The molecule has 0 unspecified atom stereocenters. The van der Waals surface area contributed by atoms with Gasteiger partial charge in [0.2, 0.25) is 0 Å². The third-order valence-corrected chi connectivity index (χ3v) is 4.34. The molecular weight excluding hydrogens is 441 g/mol. The van der Waals surface area contributed by atoms with Crippen molar-refractivity contribution in [2.24, 2.45) is 10.9 Å². The molecule has 1 aromatic carbocycles. The number of guanidine groups is 1. The summed E-state index contributed by atoms with van der Waals surface area (Å²) in [7, 11) is 3.88. The summed E-state index contributed by atoms with van der Waals surface area (Å²) < 4.78 is 11.4. The Labute approximate surface area is 175 Å². The molecule has 0 radical (unpaired) electrons. The number of ether oxygens (including phenoxy) is 2. The molecule has 0 aliphatic heterocycles. The maximum absolute atomic E-state index is 5.75. The predicted molar refractivity (Wildman–Crippen MR) is 119 cm³/mol. The molecule has 148 valence electrons. The zero-order valence-corrected chi connectivity index (χ0v) is 18.7. The quantitative estimate of drug-likeness (QED) is 0.230. The van der Waals surface area contributed by atoms with Crippen molar-refractivity contribution in [3.8, 4) is 5.75 Å². The van der Waals surface area contributed by atoms with Crippen molar-refractivity contribution in [3.05, 3.63) is 29.8 Å². The maximum atomic E-state index is 5.75. The van der Waals surface area contributed by atoms with Crippen LogP contribution in [0.15, 0.2) is 29.3 Å². The summed E-state index contributed by atoms with van der Waals surface area (Å²) in [6.45, 7) is 6.27. The van der Waals surface area contributed by atoms with Gasteiger partial charge in [-0.3, -0.25) is 4.99 Å². The van der Waals surface area contributed by atoms with E-state index in [-0.39, 0.29) is 24.0 Å². The zero-order chi connectivity index (χ0) is 17.9. The van der Waals surface area contributed by atoms with E-state index in [4.69, 9.17) is 9.47 Å². The molecule has 0 bridgehead atoms. The average molecular weight is 475 g/mol. The first-order valence-electron chi connectivity index (χ1n) is 9.38. The number of likely N-dealkylation sites (N-methyl/N-ethyl adjacent to an activating group) is 1. The highest BCUT2D eigenvalue weighted by Crippen LogP contribution is 2.28. The van der Waals surface area contributed by atoms with E-state index in [0.717, 1.165) is 63.4 Å². The van der Waals surface area contributed by atoms with Crippen molar-refractivity contribution >= 4 is 29.9 Å². The van der Waals surface area contributed by atoms with Crippen LogP contribution in [-0.2, 0) is 4.74 Å². The highest BCUT2D eigenvalue weighted by Gasteiger charge is 2.21. The fraction of sp³-hybridized carbons (Fsp3) is 0.650. The second-order valence-corrected chi connectivity index (χ2v) is 6.78. The topological polar surface area (TPSA) is 46.1 Å². The summed E-state index contributed by atoms with van der Waals surface area (Å²) in [6.07, 6.45) is 4.75. The van der Waals surface area contributed by atoms with E-state index in [1.165, 1.54) is 18.4 Å². The summed E-state index contributed by atoms with van der Waals surface area (Å²) in [5.41, 5.74) is 1.25. The van der Waals surface area contributed by atoms with Gasteiger partial charge < -0.3 is 19.7 Å². The van der Waals surface area contributed by atoms with Crippen molar-refractivity contribution in [1.82, 2.24) is 10.2 Å². The zero-order valence-electron chi connectivity index (χ0n) is 16.4. The molecular formula is C20H34IN3O2. The number of aryl methyl sites for hydroxylation is 1. The molecule has 1 aliphatic carbocycles. The SMILES string of the molecule is CN=C(NCCCCOc1ccc(C)cc1)N(C)CCOCC1CC1.I. The minimum absolute atomic E-state index is 0. The molecule has 0 heterocycles. The number of nitrogens with zero attached hydrogens (tertiary/aromatic N) is 2. The van der Waals surface area contributed by atoms with Crippen LogP contribution in [0.3, 0.4) is 0 Å². The molecule has 1 fully saturated rings. The van der Waals surface area contributed by atoms with Crippen molar-refractivity contribution in [3.63, 3.8) is 0 Å².